The Labute approximate surface area is 80.9 Å². The van der Waals surface area contributed by atoms with E-state index in [-0.39, 0.29) is 11.9 Å². The summed E-state index contributed by atoms with van der Waals surface area (Å²) in [5.41, 5.74) is 7.39. The molecule has 1 unspecified atom stereocenters. The molecule has 0 aliphatic heterocycles. The molecule has 1 atom stereocenters. The molecule has 0 bridgehead atoms. The minimum absolute atomic E-state index is 0.135. The van der Waals surface area contributed by atoms with Crippen molar-refractivity contribution in [3.63, 3.8) is 0 Å². The number of alkyl halides is 2. The van der Waals surface area contributed by atoms with Crippen LogP contribution in [0.3, 0.4) is 0 Å². The van der Waals surface area contributed by atoms with Crippen molar-refractivity contribution in [3.05, 3.63) is 17.2 Å². The van der Waals surface area contributed by atoms with Crippen LogP contribution in [-0.2, 0) is 13.5 Å². The van der Waals surface area contributed by atoms with E-state index in [1.807, 2.05) is 0 Å². The van der Waals surface area contributed by atoms with Crippen molar-refractivity contribution in [2.45, 2.75) is 31.7 Å². The lowest BCUT2D eigenvalue weighted by Gasteiger charge is -2.19. The molecule has 2 rings (SSSR count). The molecule has 1 aromatic heterocycles. The zero-order valence-corrected chi connectivity index (χ0v) is 8.00. The van der Waals surface area contributed by atoms with E-state index in [4.69, 9.17) is 5.73 Å². The first kappa shape index (κ1) is 9.58. The number of hydrogen-bond donors (Lipinski definition) is 1. The van der Waals surface area contributed by atoms with Gasteiger partial charge in [0, 0.05) is 13.1 Å². The topological polar surface area (TPSA) is 43.8 Å². The summed E-state index contributed by atoms with van der Waals surface area (Å²) in [6, 6.07) is -0.135. The van der Waals surface area contributed by atoms with Gasteiger partial charge in [0.05, 0.1) is 11.4 Å². The van der Waals surface area contributed by atoms with Crippen molar-refractivity contribution in [1.29, 1.82) is 0 Å². The molecule has 1 aromatic rings. The number of imidazole rings is 1. The van der Waals surface area contributed by atoms with Crippen LogP contribution in [0, 0.1) is 0 Å². The Morgan fingerprint density at radius 2 is 2.29 bits per heavy atom. The highest BCUT2D eigenvalue weighted by molar-refractivity contribution is 5.23. The van der Waals surface area contributed by atoms with Gasteiger partial charge in [-0.25, -0.2) is 13.8 Å². The largest absolute Gasteiger partial charge is 0.329 e. The minimum Gasteiger partial charge on any atom is -0.329 e. The first-order valence-electron chi connectivity index (χ1n) is 4.70. The molecule has 0 fully saturated rings. The number of nitrogens with zero attached hydrogens (tertiary/aromatic N) is 2. The summed E-state index contributed by atoms with van der Waals surface area (Å²) in [4.78, 5) is 3.93. The van der Waals surface area contributed by atoms with E-state index in [9.17, 15) is 8.78 Å². The number of aryl methyl sites for hydroxylation is 1. The summed E-state index contributed by atoms with van der Waals surface area (Å²) in [6.07, 6.45) is 0.0462. The number of nitrogens with two attached hydrogens (primary N) is 1. The molecule has 0 radical (unpaired) electrons. The molecule has 1 aliphatic rings. The SMILES string of the molecule is Cn1c(C(F)F)nc2c1C(N)CCC2. The molecule has 78 valence electrons. The highest BCUT2D eigenvalue weighted by Crippen LogP contribution is 2.30. The maximum Gasteiger partial charge on any atom is 0.295 e. The highest BCUT2D eigenvalue weighted by atomic mass is 19.3. The van der Waals surface area contributed by atoms with Gasteiger partial charge in [0.1, 0.15) is 0 Å². The first-order valence-corrected chi connectivity index (χ1v) is 4.70. The lowest BCUT2D eigenvalue weighted by molar-refractivity contribution is 0.136. The summed E-state index contributed by atoms with van der Waals surface area (Å²) in [5.74, 6) is -0.160. The summed E-state index contributed by atoms with van der Waals surface area (Å²) < 4.78 is 26.5. The highest BCUT2D eigenvalue weighted by Gasteiger charge is 2.26. The lowest BCUT2D eigenvalue weighted by atomic mass is 9.97. The van der Waals surface area contributed by atoms with E-state index >= 15 is 0 Å². The van der Waals surface area contributed by atoms with Crippen LogP contribution in [0.2, 0.25) is 0 Å². The van der Waals surface area contributed by atoms with Gasteiger partial charge < -0.3 is 10.3 Å². The van der Waals surface area contributed by atoms with Gasteiger partial charge in [0.15, 0.2) is 5.82 Å². The Morgan fingerprint density at radius 1 is 1.57 bits per heavy atom. The maximum atomic E-state index is 12.5. The molecule has 0 aromatic carbocycles. The Kier molecular flexibility index (Phi) is 2.26. The number of halogens is 2. The lowest BCUT2D eigenvalue weighted by Crippen LogP contribution is -2.20. The molecule has 14 heavy (non-hydrogen) atoms. The van der Waals surface area contributed by atoms with Gasteiger partial charge in [-0.05, 0) is 19.3 Å². The molecule has 5 heteroatoms. The van der Waals surface area contributed by atoms with E-state index in [1.165, 1.54) is 4.57 Å². The Bertz CT molecular complexity index is 346. The Hall–Kier alpha value is -0.970. The Balaban J connectivity index is 2.49. The molecule has 2 N–H and O–H groups in total. The van der Waals surface area contributed by atoms with Gasteiger partial charge in [-0.2, -0.15) is 0 Å². The van der Waals surface area contributed by atoms with E-state index < -0.39 is 6.43 Å². The van der Waals surface area contributed by atoms with E-state index in [1.54, 1.807) is 7.05 Å². The van der Waals surface area contributed by atoms with E-state index in [0.29, 0.717) is 0 Å². The van der Waals surface area contributed by atoms with Crippen molar-refractivity contribution in [1.82, 2.24) is 9.55 Å². The summed E-state index contributed by atoms with van der Waals surface area (Å²) in [6.45, 7) is 0. The van der Waals surface area contributed by atoms with Crippen LogP contribution in [0.15, 0.2) is 0 Å². The smallest absolute Gasteiger partial charge is 0.295 e. The molecule has 0 amide bonds. The second-order valence-corrected chi connectivity index (χ2v) is 3.66. The summed E-state index contributed by atoms with van der Waals surface area (Å²) in [7, 11) is 1.61. The van der Waals surface area contributed by atoms with Crippen LogP contribution >= 0.6 is 0 Å². The average Bonchev–Trinajstić information content (AvgIpc) is 2.45. The van der Waals surface area contributed by atoms with Crippen molar-refractivity contribution in [2.24, 2.45) is 12.8 Å². The van der Waals surface area contributed by atoms with Gasteiger partial charge in [0.2, 0.25) is 0 Å². The second kappa shape index (κ2) is 3.31. The molecule has 1 aliphatic carbocycles. The average molecular weight is 201 g/mol. The molecular weight excluding hydrogens is 188 g/mol. The van der Waals surface area contributed by atoms with Crippen LogP contribution in [-0.4, -0.2) is 9.55 Å². The van der Waals surface area contributed by atoms with Crippen LogP contribution in [0.4, 0.5) is 8.78 Å². The fraction of sp³-hybridized carbons (Fsp3) is 0.667. The molecule has 1 heterocycles. The summed E-state index contributed by atoms with van der Waals surface area (Å²) >= 11 is 0. The van der Waals surface area contributed by atoms with Gasteiger partial charge in [-0.1, -0.05) is 0 Å². The van der Waals surface area contributed by atoms with Crippen LogP contribution < -0.4 is 5.73 Å². The van der Waals surface area contributed by atoms with Crippen LogP contribution in [0.25, 0.3) is 0 Å². The predicted molar refractivity (Wildman–Crippen MR) is 48.0 cm³/mol. The standard InChI is InChI=1S/C9H13F2N3/c1-14-7-5(12)3-2-4-6(7)13-9(14)8(10)11/h5,8H,2-4,12H2,1H3. The van der Waals surface area contributed by atoms with Crippen molar-refractivity contribution in [3.8, 4) is 0 Å². The zero-order valence-electron chi connectivity index (χ0n) is 8.00. The second-order valence-electron chi connectivity index (χ2n) is 3.66. The molecule has 0 spiro atoms. The third kappa shape index (κ3) is 1.32. The van der Waals surface area contributed by atoms with Crippen molar-refractivity contribution < 1.29 is 8.78 Å². The molecule has 0 saturated heterocycles. The van der Waals surface area contributed by atoms with Gasteiger partial charge in [0.25, 0.3) is 6.43 Å². The van der Waals surface area contributed by atoms with Crippen LogP contribution in [0.5, 0.6) is 0 Å². The monoisotopic (exact) mass is 201 g/mol. The maximum absolute atomic E-state index is 12.5. The Morgan fingerprint density at radius 3 is 2.86 bits per heavy atom. The molecule has 3 nitrogen and oxygen atoms in total. The van der Waals surface area contributed by atoms with Crippen molar-refractivity contribution >= 4 is 0 Å². The van der Waals surface area contributed by atoms with E-state index in [2.05, 4.69) is 4.98 Å². The van der Waals surface area contributed by atoms with Crippen LogP contribution in [0.1, 0.15) is 42.5 Å². The fourth-order valence-electron chi connectivity index (χ4n) is 2.06. The number of fused-ring (bicyclic) bond motifs is 1. The first-order chi connectivity index (χ1) is 6.61. The third-order valence-electron chi connectivity index (χ3n) is 2.73. The molecular formula is C9H13F2N3. The fourth-order valence-corrected chi connectivity index (χ4v) is 2.06. The molecule has 0 saturated carbocycles. The minimum atomic E-state index is -2.52. The number of rotatable bonds is 1. The number of hydrogen-bond acceptors (Lipinski definition) is 2. The zero-order chi connectivity index (χ0) is 10.3. The number of aromatic nitrogens is 2. The van der Waals surface area contributed by atoms with E-state index in [0.717, 1.165) is 30.7 Å². The van der Waals surface area contributed by atoms with Gasteiger partial charge >= 0.3 is 0 Å². The van der Waals surface area contributed by atoms with Gasteiger partial charge in [-0.3, -0.25) is 0 Å². The predicted octanol–water partition coefficient (Wildman–Crippen LogP) is 1.69. The summed E-state index contributed by atoms with van der Waals surface area (Å²) in [5, 5.41) is 0. The van der Waals surface area contributed by atoms with Gasteiger partial charge in [-0.15, -0.1) is 0 Å². The third-order valence-corrected chi connectivity index (χ3v) is 2.73. The normalized spacial score (nSPS) is 21.4. The van der Waals surface area contributed by atoms with Crippen molar-refractivity contribution in [2.75, 3.05) is 0 Å². The quantitative estimate of drug-likeness (QED) is 0.751.